The quantitative estimate of drug-likeness (QED) is 0.769. The molecule has 1 aromatic heterocycles. The SMILES string of the molecule is OC(c1cccc(Cl)c1)c1cn[nH]c1-c1ccc(F)cc1. The Labute approximate surface area is 126 Å². The van der Waals surface area contributed by atoms with Crippen molar-refractivity contribution in [3.8, 4) is 11.3 Å². The van der Waals surface area contributed by atoms with Crippen molar-refractivity contribution in [2.24, 2.45) is 0 Å². The number of nitrogens with one attached hydrogen (secondary N) is 1. The summed E-state index contributed by atoms with van der Waals surface area (Å²) in [5.41, 5.74) is 2.70. The van der Waals surface area contributed by atoms with Gasteiger partial charge in [-0.25, -0.2) is 4.39 Å². The lowest BCUT2D eigenvalue weighted by Gasteiger charge is -2.12. The van der Waals surface area contributed by atoms with Gasteiger partial charge >= 0.3 is 0 Å². The molecule has 0 amide bonds. The van der Waals surface area contributed by atoms with Gasteiger partial charge in [-0.05, 0) is 42.0 Å². The first-order valence-corrected chi connectivity index (χ1v) is 6.75. The second kappa shape index (κ2) is 5.68. The summed E-state index contributed by atoms with van der Waals surface area (Å²) in [6, 6.07) is 13.0. The Morgan fingerprint density at radius 1 is 1.14 bits per heavy atom. The van der Waals surface area contributed by atoms with Crippen molar-refractivity contribution in [2.75, 3.05) is 0 Å². The van der Waals surface area contributed by atoms with E-state index in [1.54, 1.807) is 42.6 Å². The Hall–Kier alpha value is -2.17. The molecule has 0 saturated carbocycles. The monoisotopic (exact) mass is 302 g/mol. The minimum atomic E-state index is -0.859. The van der Waals surface area contributed by atoms with Gasteiger partial charge in [0.15, 0.2) is 0 Å². The standard InChI is InChI=1S/C16H12ClFN2O/c17-12-3-1-2-11(8-12)16(21)14-9-19-20-15(14)10-4-6-13(18)7-5-10/h1-9,16,21H,(H,19,20). The molecule has 5 heteroatoms. The van der Waals surface area contributed by atoms with Crippen LogP contribution in [0.25, 0.3) is 11.3 Å². The summed E-state index contributed by atoms with van der Waals surface area (Å²) < 4.78 is 13.0. The van der Waals surface area contributed by atoms with E-state index in [9.17, 15) is 9.50 Å². The number of halogens is 2. The lowest BCUT2D eigenvalue weighted by atomic mass is 9.99. The molecule has 3 aromatic rings. The van der Waals surface area contributed by atoms with Crippen LogP contribution in [0, 0.1) is 5.82 Å². The van der Waals surface area contributed by atoms with E-state index < -0.39 is 6.10 Å². The van der Waals surface area contributed by atoms with Crippen LogP contribution in [-0.4, -0.2) is 15.3 Å². The van der Waals surface area contributed by atoms with Crippen molar-refractivity contribution in [1.82, 2.24) is 10.2 Å². The van der Waals surface area contributed by atoms with Crippen LogP contribution in [0.1, 0.15) is 17.2 Å². The predicted molar refractivity (Wildman–Crippen MR) is 79.5 cm³/mol. The second-order valence-corrected chi connectivity index (χ2v) is 5.10. The highest BCUT2D eigenvalue weighted by Crippen LogP contribution is 2.31. The lowest BCUT2D eigenvalue weighted by Crippen LogP contribution is -2.00. The predicted octanol–water partition coefficient (Wildman–Crippen LogP) is 3.95. The average molecular weight is 303 g/mol. The molecule has 0 aliphatic carbocycles. The van der Waals surface area contributed by atoms with Gasteiger partial charge in [-0.15, -0.1) is 0 Å². The van der Waals surface area contributed by atoms with Gasteiger partial charge < -0.3 is 5.11 Å². The van der Waals surface area contributed by atoms with Crippen LogP contribution < -0.4 is 0 Å². The third-order valence-corrected chi connectivity index (χ3v) is 3.50. The van der Waals surface area contributed by atoms with E-state index in [4.69, 9.17) is 11.6 Å². The fraction of sp³-hybridized carbons (Fsp3) is 0.0625. The van der Waals surface area contributed by atoms with Crippen molar-refractivity contribution >= 4 is 11.6 Å². The number of hydrogen-bond donors (Lipinski definition) is 2. The van der Waals surface area contributed by atoms with Crippen molar-refractivity contribution in [1.29, 1.82) is 0 Å². The summed E-state index contributed by atoms with van der Waals surface area (Å²) in [6.45, 7) is 0. The Balaban J connectivity index is 2.00. The van der Waals surface area contributed by atoms with Gasteiger partial charge in [-0.2, -0.15) is 5.10 Å². The van der Waals surface area contributed by atoms with Gasteiger partial charge in [-0.1, -0.05) is 23.7 Å². The number of nitrogens with zero attached hydrogens (tertiary/aromatic N) is 1. The van der Waals surface area contributed by atoms with E-state index in [1.807, 2.05) is 0 Å². The third-order valence-electron chi connectivity index (χ3n) is 3.26. The van der Waals surface area contributed by atoms with E-state index >= 15 is 0 Å². The van der Waals surface area contributed by atoms with Crippen molar-refractivity contribution in [2.45, 2.75) is 6.10 Å². The van der Waals surface area contributed by atoms with Gasteiger partial charge in [0.25, 0.3) is 0 Å². The molecule has 0 radical (unpaired) electrons. The summed E-state index contributed by atoms with van der Waals surface area (Å²) in [6.07, 6.45) is 0.701. The van der Waals surface area contributed by atoms with Gasteiger partial charge in [-0.3, -0.25) is 5.10 Å². The van der Waals surface area contributed by atoms with Crippen LogP contribution in [0.4, 0.5) is 4.39 Å². The molecule has 0 spiro atoms. The molecule has 0 fully saturated rings. The maximum absolute atomic E-state index is 13.0. The summed E-state index contributed by atoms with van der Waals surface area (Å²) in [5.74, 6) is -0.310. The van der Waals surface area contributed by atoms with Gasteiger partial charge in [0.1, 0.15) is 11.9 Å². The van der Waals surface area contributed by atoms with Gasteiger partial charge in [0.2, 0.25) is 0 Å². The number of rotatable bonds is 3. The molecule has 1 atom stereocenters. The molecule has 106 valence electrons. The number of H-pyrrole nitrogens is 1. The molecule has 1 unspecified atom stereocenters. The fourth-order valence-electron chi connectivity index (χ4n) is 2.21. The van der Waals surface area contributed by atoms with Crippen LogP contribution in [-0.2, 0) is 0 Å². The summed E-state index contributed by atoms with van der Waals surface area (Å²) >= 11 is 5.95. The first kappa shape index (κ1) is 13.8. The summed E-state index contributed by atoms with van der Waals surface area (Å²) in [4.78, 5) is 0. The molecular weight excluding hydrogens is 291 g/mol. The highest BCUT2D eigenvalue weighted by Gasteiger charge is 2.18. The zero-order valence-electron chi connectivity index (χ0n) is 10.9. The average Bonchev–Trinajstić information content (AvgIpc) is 2.96. The summed E-state index contributed by atoms with van der Waals surface area (Å²) in [5, 5.41) is 17.9. The number of aliphatic hydroxyl groups is 1. The number of benzene rings is 2. The number of hydrogen-bond acceptors (Lipinski definition) is 2. The molecule has 2 N–H and O–H groups in total. The molecular formula is C16H12ClFN2O. The van der Waals surface area contributed by atoms with Gasteiger partial charge in [0, 0.05) is 16.1 Å². The largest absolute Gasteiger partial charge is 0.384 e. The van der Waals surface area contributed by atoms with Gasteiger partial charge in [0.05, 0.1) is 11.9 Å². The number of aromatic amines is 1. The normalized spacial score (nSPS) is 12.3. The van der Waals surface area contributed by atoms with Crippen LogP contribution in [0.2, 0.25) is 5.02 Å². The zero-order valence-corrected chi connectivity index (χ0v) is 11.7. The van der Waals surface area contributed by atoms with Crippen LogP contribution in [0.15, 0.2) is 54.7 Å². The molecule has 2 aromatic carbocycles. The second-order valence-electron chi connectivity index (χ2n) is 4.66. The number of aromatic nitrogens is 2. The van der Waals surface area contributed by atoms with E-state index in [1.165, 1.54) is 12.1 Å². The van der Waals surface area contributed by atoms with Crippen molar-refractivity contribution in [3.05, 3.63) is 76.7 Å². The van der Waals surface area contributed by atoms with E-state index in [0.717, 1.165) is 5.56 Å². The Kier molecular flexibility index (Phi) is 3.73. The minimum absolute atomic E-state index is 0.310. The Bertz CT molecular complexity index is 755. The smallest absolute Gasteiger partial charge is 0.123 e. The minimum Gasteiger partial charge on any atom is -0.384 e. The highest BCUT2D eigenvalue weighted by molar-refractivity contribution is 6.30. The third kappa shape index (κ3) is 2.82. The first-order valence-electron chi connectivity index (χ1n) is 6.38. The molecule has 0 bridgehead atoms. The van der Waals surface area contributed by atoms with Crippen LogP contribution >= 0.6 is 11.6 Å². The van der Waals surface area contributed by atoms with E-state index in [-0.39, 0.29) is 5.82 Å². The summed E-state index contributed by atoms with van der Waals surface area (Å²) in [7, 11) is 0. The Morgan fingerprint density at radius 2 is 1.90 bits per heavy atom. The first-order chi connectivity index (χ1) is 10.1. The van der Waals surface area contributed by atoms with Crippen LogP contribution in [0.5, 0.6) is 0 Å². The van der Waals surface area contributed by atoms with E-state index in [0.29, 0.717) is 21.8 Å². The molecule has 3 rings (SSSR count). The van der Waals surface area contributed by atoms with E-state index in [2.05, 4.69) is 10.2 Å². The topological polar surface area (TPSA) is 48.9 Å². The zero-order chi connectivity index (χ0) is 14.8. The van der Waals surface area contributed by atoms with Crippen molar-refractivity contribution in [3.63, 3.8) is 0 Å². The van der Waals surface area contributed by atoms with Crippen LogP contribution in [0.3, 0.4) is 0 Å². The molecule has 0 aliphatic heterocycles. The maximum atomic E-state index is 13.0. The highest BCUT2D eigenvalue weighted by atomic mass is 35.5. The molecule has 21 heavy (non-hydrogen) atoms. The van der Waals surface area contributed by atoms with Crippen molar-refractivity contribution < 1.29 is 9.50 Å². The number of aliphatic hydroxyl groups excluding tert-OH is 1. The molecule has 0 saturated heterocycles. The molecule has 0 aliphatic rings. The molecule has 3 nitrogen and oxygen atoms in total. The Morgan fingerprint density at radius 3 is 2.62 bits per heavy atom. The fourth-order valence-corrected chi connectivity index (χ4v) is 2.41. The maximum Gasteiger partial charge on any atom is 0.123 e. The lowest BCUT2D eigenvalue weighted by molar-refractivity contribution is 0.221. The molecule has 1 heterocycles.